The molecule has 0 atom stereocenters. The lowest BCUT2D eigenvalue weighted by Crippen LogP contribution is -2.00. The van der Waals surface area contributed by atoms with Crippen LogP contribution in [0.15, 0.2) is 126 Å². The molecular formula is C31H21BrClNO. The maximum Gasteiger partial charge on any atom is 0.185 e. The number of ketones is 1. The summed E-state index contributed by atoms with van der Waals surface area (Å²) >= 11 is 9.63. The highest BCUT2D eigenvalue weighted by Gasteiger charge is 2.18. The Morgan fingerprint density at radius 3 is 1.97 bits per heavy atom. The van der Waals surface area contributed by atoms with Crippen LogP contribution >= 0.6 is 27.5 Å². The fraction of sp³-hybridized carbons (Fsp3) is 0. The van der Waals surface area contributed by atoms with Crippen LogP contribution in [0.3, 0.4) is 0 Å². The molecule has 0 N–H and O–H groups in total. The van der Waals surface area contributed by atoms with Crippen LogP contribution in [0.1, 0.15) is 15.9 Å². The third-order valence-corrected chi connectivity index (χ3v) is 6.56. The van der Waals surface area contributed by atoms with Gasteiger partial charge in [0.25, 0.3) is 0 Å². The van der Waals surface area contributed by atoms with Crippen molar-refractivity contribution in [3.05, 3.63) is 142 Å². The predicted molar refractivity (Wildman–Crippen MR) is 149 cm³/mol. The van der Waals surface area contributed by atoms with E-state index in [-0.39, 0.29) is 5.78 Å². The van der Waals surface area contributed by atoms with Gasteiger partial charge in [0.15, 0.2) is 5.78 Å². The van der Waals surface area contributed by atoms with E-state index < -0.39 is 0 Å². The molecule has 0 aliphatic carbocycles. The second-order valence-electron chi connectivity index (χ2n) is 8.08. The third kappa shape index (κ3) is 5.07. The van der Waals surface area contributed by atoms with Crippen LogP contribution in [0.2, 0.25) is 5.02 Å². The molecule has 4 aromatic carbocycles. The van der Waals surface area contributed by atoms with E-state index in [9.17, 15) is 4.79 Å². The van der Waals surface area contributed by atoms with Crippen LogP contribution in [-0.2, 0) is 0 Å². The SMILES string of the molecule is O=C(/C=C\c1cc(-c2ccccc2)n(-c2ccc(Cl)cc2)c1-c1ccccc1)c1ccc(Br)cc1. The molecule has 1 aromatic heterocycles. The topological polar surface area (TPSA) is 22.0 Å². The number of carbonyl (C=O) groups excluding carboxylic acids is 1. The summed E-state index contributed by atoms with van der Waals surface area (Å²) < 4.78 is 3.17. The number of benzene rings is 4. The van der Waals surface area contributed by atoms with Gasteiger partial charge in [0.05, 0.1) is 11.4 Å². The predicted octanol–water partition coefficient (Wildman–Crippen LogP) is 9.12. The Bertz CT molecular complexity index is 1490. The monoisotopic (exact) mass is 537 g/mol. The molecule has 0 spiro atoms. The smallest absolute Gasteiger partial charge is 0.185 e. The quantitative estimate of drug-likeness (QED) is 0.156. The molecule has 0 bridgehead atoms. The molecule has 2 nitrogen and oxygen atoms in total. The van der Waals surface area contributed by atoms with Gasteiger partial charge in [-0.3, -0.25) is 4.79 Å². The lowest BCUT2D eigenvalue weighted by molar-refractivity contribution is 0.104. The molecule has 5 aromatic rings. The Hall–Kier alpha value is -3.66. The number of hydrogen-bond acceptors (Lipinski definition) is 1. The highest BCUT2D eigenvalue weighted by Crippen LogP contribution is 2.37. The molecule has 0 aliphatic heterocycles. The van der Waals surface area contributed by atoms with Crippen molar-refractivity contribution >= 4 is 39.4 Å². The standard InChI is InChI=1S/C31H21BrClNO/c32-26-14-11-23(12-15-26)30(35)20-13-25-21-29(22-7-3-1-4-8-22)34(28-18-16-27(33)17-19-28)31(25)24-9-5-2-6-10-24/h1-21H/b20-13-. The van der Waals surface area contributed by atoms with Crippen molar-refractivity contribution in [1.82, 2.24) is 4.57 Å². The highest BCUT2D eigenvalue weighted by atomic mass is 79.9. The van der Waals surface area contributed by atoms with Crippen molar-refractivity contribution in [2.24, 2.45) is 0 Å². The van der Waals surface area contributed by atoms with Crippen LogP contribution in [0.5, 0.6) is 0 Å². The maximum absolute atomic E-state index is 12.9. The first-order valence-corrected chi connectivity index (χ1v) is 12.4. The molecule has 1 heterocycles. The summed E-state index contributed by atoms with van der Waals surface area (Å²) in [6.45, 7) is 0. The van der Waals surface area contributed by atoms with Gasteiger partial charge in [0.1, 0.15) is 0 Å². The molecule has 35 heavy (non-hydrogen) atoms. The van der Waals surface area contributed by atoms with E-state index in [0.717, 1.165) is 38.2 Å². The van der Waals surface area contributed by atoms with Gasteiger partial charge >= 0.3 is 0 Å². The average molecular weight is 539 g/mol. The molecule has 0 aliphatic rings. The summed E-state index contributed by atoms with van der Waals surface area (Å²) in [4.78, 5) is 12.9. The third-order valence-electron chi connectivity index (χ3n) is 5.77. The van der Waals surface area contributed by atoms with Crippen molar-refractivity contribution in [2.75, 3.05) is 0 Å². The Morgan fingerprint density at radius 1 is 0.743 bits per heavy atom. The lowest BCUT2D eigenvalue weighted by atomic mass is 10.1. The summed E-state index contributed by atoms with van der Waals surface area (Å²) in [5.74, 6) is -0.0444. The van der Waals surface area contributed by atoms with Crippen LogP contribution in [0.25, 0.3) is 34.3 Å². The van der Waals surface area contributed by atoms with Gasteiger partial charge in [-0.05, 0) is 77.9 Å². The fourth-order valence-electron chi connectivity index (χ4n) is 4.10. The van der Waals surface area contributed by atoms with Gasteiger partial charge in [-0.15, -0.1) is 0 Å². The number of nitrogens with zero attached hydrogens (tertiary/aromatic N) is 1. The first-order chi connectivity index (χ1) is 17.1. The highest BCUT2D eigenvalue weighted by molar-refractivity contribution is 9.10. The van der Waals surface area contributed by atoms with Gasteiger partial charge in [0, 0.05) is 26.3 Å². The number of halogens is 2. The van der Waals surface area contributed by atoms with Crippen molar-refractivity contribution < 1.29 is 4.79 Å². The summed E-state index contributed by atoms with van der Waals surface area (Å²) in [6, 6.07) is 37.8. The zero-order valence-electron chi connectivity index (χ0n) is 18.7. The van der Waals surface area contributed by atoms with Crippen LogP contribution in [0, 0.1) is 0 Å². The summed E-state index contributed by atoms with van der Waals surface area (Å²) in [5.41, 5.74) is 6.76. The number of hydrogen-bond donors (Lipinski definition) is 0. The molecule has 0 fully saturated rings. The minimum absolute atomic E-state index is 0.0444. The average Bonchev–Trinajstić information content (AvgIpc) is 3.28. The maximum atomic E-state index is 12.9. The van der Waals surface area contributed by atoms with E-state index in [1.54, 1.807) is 6.08 Å². The Labute approximate surface area is 218 Å². The van der Waals surface area contributed by atoms with Crippen LogP contribution < -0.4 is 0 Å². The Balaban J connectivity index is 1.71. The van der Waals surface area contributed by atoms with E-state index >= 15 is 0 Å². The van der Waals surface area contributed by atoms with E-state index in [1.165, 1.54) is 0 Å². The molecule has 0 unspecified atom stereocenters. The van der Waals surface area contributed by atoms with E-state index in [4.69, 9.17) is 11.6 Å². The van der Waals surface area contributed by atoms with Gasteiger partial charge in [-0.2, -0.15) is 0 Å². The fourth-order valence-corrected chi connectivity index (χ4v) is 4.49. The largest absolute Gasteiger partial charge is 0.309 e. The molecule has 170 valence electrons. The van der Waals surface area contributed by atoms with E-state index in [0.29, 0.717) is 10.6 Å². The van der Waals surface area contributed by atoms with Crippen molar-refractivity contribution in [2.45, 2.75) is 0 Å². The van der Waals surface area contributed by atoms with Gasteiger partial charge < -0.3 is 4.57 Å². The number of carbonyl (C=O) groups is 1. The van der Waals surface area contributed by atoms with Gasteiger partial charge in [-0.1, -0.05) is 88.2 Å². The normalized spacial score (nSPS) is 11.1. The first-order valence-electron chi connectivity index (χ1n) is 11.2. The number of rotatable bonds is 6. The minimum atomic E-state index is -0.0444. The minimum Gasteiger partial charge on any atom is -0.309 e. The molecule has 0 amide bonds. The van der Waals surface area contributed by atoms with Crippen molar-refractivity contribution in [3.63, 3.8) is 0 Å². The molecule has 5 rings (SSSR count). The zero-order chi connectivity index (χ0) is 24.2. The molecule has 0 radical (unpaired) electrons. The Kier molecular flexibility index (Phi) is 6.80. The number of aromatic nitrogens is 1. The van der Waals surface area contributed by atoms with Crippen molar-refractivity contribution in [3.8, 4) is 28.2 Å². The molecular weight excluding hydrogens is 518 g/mol. The van der Waals surface area contributed by atoms with Crippen molar-refractivity contribution in [1.29, 1.82) is 0 Å². The molecule has 4 heteroatoms. The number of allylic oxidation sites excluding steroid dienone is 1. The summed E-state index contributed by atoms with van der Waals surface area (Å²) in [5, 5.41) is 0.684. The second-order valence-corrected chi connectivity index (χ2v) is 9.43. The first kappa shape index (κ1) is 23.1. The van der Waals surface area contributed by atoms with E-state index in [2.05, 4.69) is 50.8 Å². The zero-order valence-corrected chi connectivity index (χ0v) is 21.1. The second kappa shape index (κ2) is 10.3. The lowest BCUT2D eigenvalue weighted by Gasteiger charge is -2.15. The summed E-state index contributed by atoms with van der Waals surface area (Å²) in [7, 11) is 0. The van der Waals surface area contributed by atoms with Crippen LogP contribution in [-0.4, -0.2) is 10.4 Å². The van der Waals surface area contributed by atoms with Gasteiger partial charge in [0.2, 0.25) is 0 Å². The Morgan fingerprint density at radius 2 is 1.34 bits per heavy atom. The van der Waals surface area contributed by atoms with Gasteiger partial charge in [-0.25, -0.2) is 0 Å². The molecule has 0 saturated heterocycles. The van der Waals surface area contributed by atoms with Crippen LogP contribution in [0.4, 0.5) is 0 Å². The van der Waals surface area contributed by atoms with E-state index in [1.807, 2.05) is 91.0 Å². The summed E-state index contributed by atoms with van der Waals surface area (Å²) in [6.07, 6.45) is 3.55. The molecule has 0 saturated carbocycles.